The minimum Gasteiger partial charge on any atom is -0.387 e. The number of phosphoric acid groups is 3. The number of aliphatic hydroxyl groups excluding tert-OH is 8. The summed E-state index contributed by atoms with van der Waals surface area (Å²) in [5, 5.41) is 81.5. The third-order valence-electron chi connectivity index (χ3n) is 19.5. The van der Waals surface area contributed by atoms with Crippen LogP contribution in [0.5, 0.6) is 0 Å². The van der Waals surface area contributed by atoms with Crippen molar-refractivity contribution in [2.75, 3.05) is 0 Å². The van der Waals surface area contributed by atoms with E-state index < -0.39 is 253 Å². The van der Waals surface area contributed by atoms with E-state index in [2.05, 4.69) is 4.52 Å². The molecule has 0 radical (unpaired) electrons. The van der Waals surface area contributed by atoms with E-state index in [1.807, 2.05) is 58.0 Å². The highest BCUT2D eigenvalue weighted by Gasteiger charge is 2.69. The van der Waals surface area contributed by atoms with E-state index >= 15 is 0 Å². The summed E-state index contributed by atoms with van der Waals surface area (Å²) in [5.41, 5.74) is 1.07. The van der Waals surface area contributed by atoms with E-state index in [0.717, 1.165) is 5.56 Å². The normalized spacial score (nSPS) is 46.2. The molecule has 14 fully saturated rings. The Labute approximate surface area is 618 Å². The van der Waals surface area contributed by atoms with Crippen LogP contribution >= 0.6 is 23.5 Å². The average Bonchev–Trinajstić information content (AvgIpc) is 1.59. The highest BCUT2D eigenvalue weighted by molar-refractivity contribution is 7.46. The predicted octanol–water partition coefficient (Wildman–Crippen LogP) is 0.817. The predicted molar refractivity (Wildman–Crippen MR) is 359 cm³/mol. The molecule has 14 aliphatic rings. The summed E-state index contributed by atoms with van der Waals surface area (Å²) in [6.07, 6.45) is -26.8. The lowest BCUT2D eigenvalue weighted by Crippen LogP contribution is -2.63. The maximum atomic E-state index is 11.3. The molecule has 620 valence electrons. The van der Waals surface area contributed by atoms with Gasteiger partial charge in [-0.2, -0.15) is 0 Å². The number of fused-ring (bicyclic) bond motifs is 10. The van der Waals surface area contributed by atoms with Crippen LogP contribution in [0.4, 0.5) is 0 Å². The summed E-state index contributed by atoms with van der Waals surface area (Å²) in [5.74, 6) is -8.28. The van der Waals surface area contributed by atoms with Gasteiger partial charge < -0.3 is 160 Å². The van der Waals surface area contributed by atoms with Gasteiger partial charge in [0.15, 0.2) is 52.1 Å². The first-order valence-corrected chi connectivity index (χ1v) is 39.4. The fraction of sp³-hybridized carbons (Fsp3) is 0.906. The Morgan fingerprint density at radius 1 is 0.264 bits per heavy atom. The Hall–Kier alpha value is -1.53. The van der Waals surface area contributed by atoms with Crippen LogP contribution in [-0.4, -0.2) is 305 Å². The molecule has 0 aromatic heterocycles. The maximum absolute atomic E-state index is 11.3. The molecule has 9 aliphatic heterocycles. The largest absolute Gasteiger partial charge is 0.470 e. The van der Waals surface area contributed by atoms with Crippen molar-refractivity contribution in [1.82, 2.24) is 0 Å². The zero-order valence-corrected chi connectivity index (χ0v) is 64.4. The number of aliphatic hydroxyl groups is 8. The van der Waals surface area contributed by atoms with Gasteiger partial charge in [0.1, 0.15) is 183 Å². The summed E-state index contributed by atoms with van der Waals surface area (Å²) in [4.78, 5) is 54.2. The van der Waals surface area contributed by atoms with Crippen LogP contribution in [0.3, 0.4) is 0 Å². The smallest absolute Gasteiger partial charge is 0.387 e. The van der Waals surface area contributed by atoms with Crippen molar-refractivity contribution < 1.29 is 195 Å². The minimum absolute atomic E-state index is 0. The monoisotopic (exact) mass is 1610 g/mol. The van der Waals surface area contributed by atoms with E-state index in [9.17, 15) is 54.5 Å². The molecule has 42 heteroatoms. The van der Waals surface area contributed by atoms with Crippen molar-refractivity contribution in [3.63, 3.8) is 0 Å². The molecular weight excluding hydrogens is 1490 g/mol. The van der Waals surface area contributed by atoms with Gasteiger partial charge in [-0.05, 0) is 130 Å². The molecule has 0 spiro atoms. The minimum atomic E-state index is -4.90. The molecule has 0 bridgehead atoms. The summed E-state index contributed by atoms with van der Waals surface area (Å²) in [6.45, 7) is 31.2. The molecule has 30 atom stereocenters. The van der Waals surface area contributed by atoms with E-state index in [0.29, 0.717) is 6.61 Å². The number of ether oxygens (including phenoxy) is 19. The SMILES string of the molecule is CC1(C)O[C@@H]2C(O)[C@@H]3OC(C)(C)O[C@@H]3C(O)[C@@H]2O1.CC1(C)O[C@@H]2C(OCc3ccccc3)[C@@H]3OC(C)(C)O[C@@H]3C(O)[C@@H]2O1.CC1(C)O[C@@H]2C(OP(=O)(O)O)[C@@H]3OC(C)(C)O[C@@H]3C(O)[C@@H]2O1.CC1(C)O[C@@H]2[C@H](OP(=O)(O)O)[C@H](O)[C@H](O)[C@H](O)[C@@H]2O1.CC1(C)O[C@H]2[C@H]3OC(C)(C)O[C@H]3[C@@H](O)[C@@H](OP(=O)(O)O)[C@H]2O1.[2HH].[2HH].[2HH].[2HH].[2HH]. The number of hydrogen-bond acceptors (Lipinski definition) is 33. The summed E-state index contributed by atoms with van der Waals surface area (Å²) in [6, 6.07) is 9.95. The van der Waals surface area contributed by atoms with Crippen molar-refractivity contribution in [2.24, 2.45) is 0 Å². The molecule has 14 N–H and O–H groups in total. The molecular formula is C64H115O39P3. The first kappa shape index (κ1) is 85.4. The Morgan fingerprint density at radius 3 is 0.755 bits per heavy atom. The molecule has 5 aliphatic carbocycles. The Kier molecular flexibility index (Phi) is 23.9. The molecule has 6 unspecified atom stereocenters. The average molecular weight is 1610 g/mol. The van der Waals surface area contributed by atoms with Crippen LogP contribution in [0.2, 0.25) is 0 Å². The lowest BCUT2D eigenvalue weighted by atomic mass is 9.85. The first-order chi connectivity index (χ1) is 48.2. The Morgan fingerprint density at radius 2 is 0.462 bits per heavy atom. The van der Waals surface area contributed by atoms with Gasteiger partial charge in [0.2, 0.25) is 0 Å². The van der Waals surface area contributed by atoms with Gasteiger partial charge in [0.25, 0.3) is 0 Å². The molecule has 15 rings (SSSR count). The van der Waals surface area contributed by atoms with Crippen molar-refractivity contribution in [1.29, 1.82) is 0 Å². The fourth-order valence-electron chi connectivity index (χ4n) is 16.1. The standard InChI is InChI=1S/C19H26O6.2C12H21O9P.C12H20O6.C9H17O9P.5H2/c1-18(2)22-13-12(20)14-17(25-19(3,4)23-14)15(16(13)24-18)21-10-11-8-6-5-7-9-11;1-11(2)17-6-5(13)7(21-22(14,15)16)9-10(8(6)18-11)20-12(3,4)19-9;1-11(2)17-6-5(13)7-9(20-12(3,4)18-7)10(8(6)19-11)21-22(14,15)16;1-11(2)15-7-5(13)9-10(6(14)8(7)16-11)18-12(3,4)17-9;1-9(2)16-6-4(11)3(10)5(12)7(8(6)17-9)18-19(13,14)15;;;;;/h5-9,12-17,20H,10H2,1-4H3;2*5-10,13H,1-4H3,(H2,14,15,16);5-10,13-14H,1-4H3;3-8,10-12H,1-2H3,(H2,13,14,15);5*1H/t12?,13-,14+,15?,16-,17+;5-,6+,7-,8+,9-,10+;5?,6-,7+,8-,9+,10?;5?,6?,7-,8+,9+,10-;3-,4+,5-,6+,7-,8+;;;;;/m.1..1...../s1/i;;;;;5*1+1. The highest BCUT2D eigenvalue weighted by atomic mass is 31.2. The van der Waals surface area contributed by atoms with Crippen molar-refractivity contribution in [3.05, 3.63) is 35.9 Å². The summed E-state index contributed by atoms with van der Waals surface area (Å²) >= 11 is 0. The molecule has 0 amide bonds. The number of rotatable bonds is 9. The van der Waals surface area contributed by atoms with Crippen LogP contribution in [0.25, 0.3) is 0 Å². The van der Waals surface area contributed by atoms with Crippen molar-refractivity contribution in [3.8, 4) is 0 Å². The van der Waals surface area contributed by atoms with E-state index in [4.69, 9.17) is 128 Å². The quantitative estimate of drug-likeness (QED) is 0.152. The Balaban J connectivity index is 0.000000215. The van der Waals surface area contributed by atoms with Crippen LogP contribution in [-0.2, 0) is 124 Å². The number of phosphoric ester groups is 3. The molecule has 1 aromatic rings. The van der Waals surface area contributed by atoms with Crippen LogP contribution in [0, 0.1) is 0 Å². The molecule has 1 aromatic carbocycles. The Bertz CT molecular complexity index is 3270. The van der Waals surface area contributed by atoms with Gasteiger partial charge in [-0.15, -0.1) is 0 Å². The summed E-state index contributed by atoms with van der Waals surface area (Å²) in [7, 11) is -14.5. The number of benzene rings is 1. The molecule has 9 saturated heterocycles. The first-order valence-electron chi connectivity index (χ1n) is 34.8. The van der Waals surface area contributed by atoms with Gasteiger partial charge >= 0.3 is 23.5 Å². The van der Waals surface area contributed by atoms with E-state index in [1.165, 1.54) is 13.8 Å². The van der Waals surface area contributed by atoms with Gasteiger partial charge in [-0.1, -0.05) is 30.3 Å². The van der Waals surface area contributed by atoms with Crippen LogP contribution < -0.4 is 0 Å². The van der Waals surface area contributed by atoms with E-state index in [-0.39, 0.29) is 13.2 Å². The second kappa shape index (κ2) is 29.6. The topological polar surface area (TPSA) is 537 Å². The number of hydrogen-bond donors (Lipinski definition) is 14. The van der Waals surface area contributed by atoms with E-state index in [1.54, 1.807) is 83.1 Å². The zero-order chi connectivity index (χ0) is 78.7. The maximum Gasteiger partial charge on any atom is 0.470 e. The van der Waals surface area contributed by atoms with Crippen LogP contribution in [0.1, 0.15) is 137 Å². The fourth-order valence-corrected chi connectivity index (χ4v) is 17.8. The van der Waals surface area contributed by atoms with Gasteiger partial charge in [0, 0.05) is 7.13 Å². The van der Waals surface area contributed by atoms with Crippen molar-refractivity contribution >= 4 is 23.5 Å². The molecule has 5 saturated carbocycles. The molecule has 106 heavy (non-hydrogen) atoms. The van der Waals surface area contributed by atoms with Crippen LogP contribution in [0.15, 0.2) is 30.3 Å². The second-order valence-corrected chi connectivity index (χ2v) is 36.0. The molecule has 9 heterocycles. The third-order valence-corrected chi connectivity index (χ3v) is 21.1. The molecule has 39 nitrogen and oxygen atoms in total. The third kappa shape index (κ3) is 18.9. The second-order valence-electron chi connectivity index (χ2n) is 32.5. The van der Waals surface area contributed by atoms with Gasteiger partial charge in [0.05, 0.1) is 6.61 Å². The van der Waals surface area contributed by atoms with Gasteiger partial charge in [-0.25, -0.2) is 13.7 Å². The highest BCUT2D eigenvalue weighted by Crippen LogP contribution is 2.54. The lowest BCUT2D eigenvalue weighted by Gasteiger charge is -2.40. The summed E-state index contributed by atoms with van der Waals surface area (Å²) < 4.78 is 157. The van der Waals surface area contributed by atoms with Gasteiger partial charge in [-0.3, -0.25) is 13.6 Å². The van der Waals surface area contributed by atoms with Crippen molar-refractivity contribution in [2.45, 2.75) is 366 Å². The zero-order valence-electron chi connectivity index (χ0n) is 61.7. The lowest BCUT2D eigenvalue weighted by molar-refractivity contribution is -0.190.